The third kappa shape index (κ3) is 1.97. The van der Waals surface area contributed by atoms with Crippen molar-refractivity contribution >= 4 is 5.91 Å². The standard InChI is InChI=1S/C7H12N4O2/c1-2-3-11(8)7(13)5-4-9-10-6(5)12/h4H,2-3,8H2,1H3,(H2,9,10,12). The molecule has 1 rings (SSSR count). The first-order valence-electron chi connectivity index (χ1n) is 3.99. The minimum absolute atomic E-state index is 0.0379. The molecule has 1 amide bonds. The predicted octanol–water partition coefficient (Wildman–Crippen LogP) is -0.571. The number of nitrogens with one attached hydrogen (secondary N) is 2. The third-order valence-corrected chi connectivity index (χ3v) is 1.60. The minimum atomic E-state index is -0.468. The number of carbonyl (C=O) groups excluding carboxylic acids is 1. The number of H-pyrrole nitrogens is 2. The maximum absolute atomic E-state index is 11.4. The lowest BCUT2D eigenvalue weighted by molar-refractivity contribution is 0.0754. The van der Waals surface area contributed by atoms with Crippen LogP contribution in [0, 0.1) is 0 Å². The van der Waals surface area contributed by atoms with Crippen LogP contribution in [0.5, 0.6) is 0 Å². The maximum Gasteiger partial charge on any atom is 0.276 e. The number of nitrogens with zero attached hydrogens (tertiary/aromatic N) is 1. The molecule has 0 bridgehead atoms. The van der Waals surface area contributed by atoms with Gasteiger partial charge < -0.3 is 5.10 Å². The van der Waals surface area contributed by atoms with E-state index < -0.39 is 11.5 Å². The quantitative estimate of drug-likeness (QED) is 0.333. The average Bonchev–Trinajstić information content (AvgIpc) is 2.50. The Hall–Kier alpha value is -1.56. The van der Waals surface area contributed by atoms with Crippen molar-refractivity contribution in [2.24, 2.45) is 5.84 Å². The lowest BCUT2D eigenvalue weighted by Gasteiger charge is -2.13. The molecule has 0 atom stereocenters. The van der Waals surface area contributed by atoms with E-state index in [0.29, 0.717) is 6.54 Å². The van der Waals surface area contributed by atoms with Gasteiger partial charge >= 0.3 is 0 Å². The molecule has 1 aromatic heterocycles. The first-order valence-corrected chi connectivity index (χ1v) is 3.99. The number of hydrogen-bond acceptors (Lipinski definition) is 3. The number of hydrogen-bond donors (Lipinski definition) is 3. The molecule has 0 saturated carbocycles. The van der Waals surface area contributed by atoms with Gasteiger partial charge in [0.25, 0.3) is 11.5 Å². The van der Waals surface area contributed by atoms with Crippen LogP contribution in [0.3, 0.4) is 0 Å². The van der Waals surface area contributed by atoms with Crippen LogP contribution in [0.2, 0.25) is 0 Å². The van der Waals surface area contributed by atoms with E-state index >= 15 is 0 Å². The second-order valence-corrected chi connectivity index (χ2v) is 2.66. The Balaban J connectivity index is 2.79. The number of rotatable bonds is 3. The van der Waals surface area contributed by atoms with Crippen LogP contribution in [0.1, 0.15) is 23.7 Å². The Morgan fingerprint density at radius 2 is 2.38 bits per heavy atom. The molecule has 6 heteroatoms. The predicted molar refractivity (Wildman–Crippen MR) is 46.9 cm³/mol. The molecule has 6 nitrogen and oxygen atoms in total. The largest absolute Gasteiger partial charge is 0.305 e. The van der Waals surface area contributed by atoms with Gasteiger partial charge in [-0.15, -0.1) is 0 Å². The van der Waals surface area contributed by atoms with Crippen molar-refractivity contribution in [1.82, 2.24) is 15.2 Å². The van der Waals surface area contributed by atoms with Gasteiger partial charge in [0.05, 0.1) is 0 Å². The summed E-state index contributed by atoms with van der Waals surface area (Å²) in [4.78, 5) is 22.4. The molecule has 4 N–H and O–H groups in total. The number of hydrazine groups is 1. The zero-order valence-corrected chi connectivity index (χ0v) is 7.33. The molecule has 0 radical (unpaired) electrons. The molecular weight excluding hydrogens is 172 g/mol. The van der Waals surface area contributed by atoms with Crippen molar-refractivity contribution in [2.45, 2.75) is 13.3 Å². The van der Waals surface area contributed by atoms with Crippen LogP contribution in [-0.2, 0) is 0 Å². The first kappa shape index (κ1) is 9.53. The topological polar surface area (TPSA) is 95.0 Å². The molecule has 0 aromatic carbocycles. The molecule has 0 unspecified atom stereocenters. The smallest absolute Gasteiger partial charge is 0.276 e. The van der Waals surface area contributed by atoms with Crippen molar-refractivity contribution in [3.8, 4) is 0 Å². The van der Waals surface area contributed by atoms with Gasteiger partial charge in [-0.3, -0.25) is 19.7 Å². The minimum Gasteiger partial charge on any atom is -0.305 e. The van der Waals surface area contributed by atoms with E-state index in [4.69, 9.17) is 5.84 Å². The summed E-state index contributed by atoms with van der Waals surface area (Å²) in [6.07, 6.45) is 2.06. The fourth-order valence-corrected chi connectivity index (χ4v) is 0.963. The SMILES string of the molecule is CCCN(N)C(=O)c1c[nH][nH]c1=O. The maximum atomic E-state index is 11.4. The van der Waals surface area contributed by atoms with E-state index in [1.54, 1.807) is 0 Å². The zero-order valence-electron chi connectivity index (χ0n) is 7.33. The van der Waals surface area contributed by atoms with Crippen molar-refractivity contribution in [3.63, 3.8) is 0 Å². The highest BCUT2D eigenvalue weighted by Crippen LogP contribution is 1.93. The number of aromatic amines is 2. The van der Waals surface area contributed by atoms with Crippen LogP contribution < -0.4 is 11.4 Å². The van der Waals surface area contributed by atoms with Crippen LogP contribution in [0.25, 0.3) is 0 Å². The summed E-state index contributed by atoms with van der Waals surface area (Å²) in [5.41, 5.74) is -0.410. The van der Waals surface area contributed by atoms with Gasteiger partial charge in [0.15, 0.2) is 0 Å². The van der Waals surface area contributed by atoms with Gasteiger partial charge in [0.2, 0.25) is 0 Å². The molecule has 1 aromatic rings. The summed E-state index contributed by atoms with van der Waals surface area (Å²) in [5.74, 6) is 4.94. The Kier molecular flexibility index (Phi) is 2.86. The second-order valence-electron chi connectivity index (χ2n) is 2.66. The first-order chi connectivity index (χ1) is 6.16. The lowest BCUT2D eigenvalue weighted by Crippen LogP contribution is -2.39. The number of nitrogens with two attached hydrogens (primary N) is 1. The van der Waals surface area contributed by atoms with Crippen molar-refractivity contribution in [3.05, 3.63) is 22.1 Å². The Morgan fingerprint density at radius 1 is 1.69 bits per heavy atom. The summed E-state index contributed by atoms with van der Waals surface area (Å²) < 4.78 is 0. The number of aromatic nitrogens is 2. The van der Waals surface area contributed by atoms with Gasteiger partial charge in [-0.1, -0.05) is 6.92 Å². The van der Waals surface area contributed by atoms with Gasteiger partial charge in [-0.05, 0) is 6.42 Å². The zero-order chi connectivity index (χ0) is 9.84. The van der Waals surface area contributed by atoms with Crippen LogP contribution >= 0.6 is 0 Å². The molecule has 0 aliphatic carbocycles. The summed E-state index contributed by atoms with van der Waals surface area (Å²) in [5, 5.41) is 5.72. The molecule has 0 aliphatic rings. The highest BCUT2D eigenvalue weighted by molar-refractivity contribution is 5.93. The molecule has 1 heterocycles. The van der Waals surface area contributed by atoms with E-state index in [1.807, 2.05) is 6.92 Å². The average molecular weight is 184 g/mol. The third-order valence-electron chi connectivity index (χ3n) is 1.60. The van der Waals surface area contributed by atoms with E-state index in [0.717, 1.165) is 11.4 Å². The summed E-state index contributed by atoms with van der Waals surface area (Å²) in [6.45, 7) is 2.33. The van der Waals surface area contributed by atoms with Crippen molar-refractivity contribution in [2.75, 3.05) is 6.54 Å². The van der Waals surface area contributed by atoms with Crippen LogP contribution in [-0.4, -0.2) is 27.7 Å². The molecule has 13 heavy (non-hydrogen) atoms. The summed E-state index contributed by atoms with van der Waals surface area (Å²) in [6, 6.07) is 0. The van der Waals surface area contributed by atoms with E-state index in [9.17, 15) is 9.59 Å². The highest BCUT2D eigenvalue weighted by atomic mass is 16.2. The van der Waals surface area contributed by atoms with E-state index in [-0.39, 0.29) is 5.56 Å². The highest BCUT2D eigenvalue weighted by Gasteiger charge is 2.15. The summed E-state index contributed by atoms with van der Waals surface area (Å²) >= 11 is 0. The molecular formula is C7H12N4O2. The van der Waals surface area contributed by atoms with E-state index in [2.05, 4.69) is 10.2 Å². The van der Waals surface area contributed by atoms with Crippen LogP contribution in [0.15, 0.2) is 11.0 Å². The van der Waals surface area contributed by atoms with Gasteiger partial charge in [-0.25, -0.2) is 5.84 Å². The van der Waals surface area contributed by atoms with Gasteiger partial charge in [0.1, 0.15) is 5.56 Å². The molecule has 0 saturated heterocycles. The Morgan fingerprint density at radius 3 is 2.85 bits per heavy atom. The fourth-order valence-electron chi connectivity index (χ4n) is 0.963. The van der Waals surface area contributed by atoms with Crippen molar-refractivity contribution < 1.29 is 4.79 Å². The van der Waals surface area contributed by atoms with Crippen LogP contribution in [0.4, 0.5) is 0 Å². The van der Waals surface area contributed by atoms with Gasteiger partial charge in [0, 0.05) is 12.7 Å². The normalized spacial score (nSPS) is 10.0. The van der Waals surface area contributed by atoms with Crippen molar-refractivity contribution in [1.29, 1.82) is 0 Å². The lowest BCUT2D eigenvalue weighted by atomic mass is 10.3. The second kappa shape index (κ2) is 3.90. The Bertz CT molecular complexity index is 340. The molecule has 0 aliphatic heterocycles. The number of amides is 1. The van der Waals surface area contributed by atoms with E-state index in [1.165, 1.54) is 6.20 Å². The summed E-state index contributed by atoms with van der Waals surface area (Å²) in [7, 11) is 0. The molecule has 72 valence electrons. The monoisotopic (exact) mass is 184 g/mol. The fraction of sp³-hybridized carbons (Fsp3) is 0.429. The molecule has 0 fully saturated rings. The molecule has 0 spiro atoms. The number of carbonyl (C=O) groups is 1. The van der Waals surface area contributed by atoms with Gasteiger partial charge in [-0.2, -0.15) is 0 Å². The Labute approximate surface area is 74.7 Å².